The Balaban J connectivity index is 0.687. The van der Waals surface area contributed by atoms with Crippen molar-refractivity contribution in [2.45, 2.75) is 69.4 Å². The number of aryl methyl sites for hydroxylation is 1. The Morgan fingerprint density at radius 1 is 0.823 bits per heavy atom. The van der Waals surface area contributed by atoms with Gasteiger partial charge in [-0.15, -0.1) is 0 Å². The number of benzene rings is 2. The minimum absolute atomic E-state index is 0.0348. The van der Waals surface area contributed by atoms with Gasteiger partial charge in [0.15, 0.2) is 5.82 Å². The number of nitrogens with one attached hydrogen (secondary N) is 3. The van der Waals surface area contributed by atoms with Crippen LogP contribution >= 0.6 is 0 Å². The zero-order valence-electron chi connectivity index (χ0n) is 35.1. The molecule has 3 aliphatic heterocycles. The Labute approximate surface area is 359 Å². The highest BCUT2D eigenvalue weighted by Crippen LogP contribution is 2.33. The zero-order valence-corrected chi connectivity index (χ0v) is 35.1. The van der Waals surface area contributed by atoms with Crippen molar-refractivity contribution in [1.29, 1.82) is 0 Å². The molecule has 3 amide bonds. The maximum absolute atomic E-state index is 15.0. The molecule has 1 atom stereocenters. The number of carbonyl (C=O) groups excluding carboxylic acids is 3. The van der Waals surface area contributed by atoms with Crippen molar-refractivity contribution in [3.05, 3.63) is 94.9 Å². The smallest absolute Gasteiger partial charge is 0.255 e. The number of hydrogen-bond acceptors (Lipinski definition) is 11. The van der Waals surface area contributed by atoms with Gasteiger partial charge in [0.05, 0.1) is 23.3 Å². The quantitative estimate of drug-likeness (QED) is 0.163. The number of hydrogen-bond donors (Lipinski definition) is 3. The van der Waals surface area contributed by atoms with Gasteiger partial charge in [-0.2, -0.15) is 5.10 Å². The number of anilines is 2. The van der Waals surface area contributed by atoms with Crippen LogP contribution < -0.4 is 26.4 Å². The third kappa shape index (κ3) is 9.12. The third-order valence-electron chi connectivity index (χ3n) is 13.2. The summed E-state index contributed by atoms with van der Waals surface area (Å²) < 4.78 is 18.3. The van der Waals surface area contributed by atoms with E-state index in [0.29, 0.717) is 30.0 Å². The van der Waals surface area contributed by atoms with Gasteiger partial charge in [-0.3, -0.25) is 38.6 Å². The Morgan fingerprint density at radius 3 is 2.34 bits per heavy atom. The van der Waals surface area contributed by atoms with E-state index in [1.165, 1.54) is 16.8 Å². The lowest BCUT2D eigenvalue weighted by Gasteiger charge is -2.38. The molecule has 9 rings (SSSR count). The number of pyridine rings is 1. The van der Waals surface area contributed by atoms with Gasteiger partial charge in [0, 0.05) is 105 Å². The Hall–Kier alpha value is -6.00. The number of likely N-dealkylation sites (tertiary alicyclic amines) is 1. The predicted octanol–water partition coefficient (Wildman–Crippen LogP) is 4.21. The molecular formula is C46H54FN11O4. The van der Waals surface area contributed by atoms with Crippen LogP contribution in [0.2, 0.25) is 0 Å². The highest BCUT2D eigenvalue weighted by atomic mass is 19.1. The number of fused-ring (bicyclic) bond motifs is 1. The van der Waals surface area contributed by atoms with Crippen LogP contribution in [0.1, 0.15) is 63.0 Å². The molecule has 16 heteroatoms. The lowest BCUT2D eigenvalue weighted by molar-refractivity contribution is -0.134. The number of amides is 3. The number of carbonyl (C=O) groups is 3. The van der Waals surface area contributed by atoms with Gasteiger partial charge in [-0.05, 0) is 94.4 Å². The molecule has 324 valence electrons. The van der Waals surface area contributed by atoms with Crippen LogP contribution in [0.4, 0.5) is 16.0 Å². The minimum Gasteiger partial charge on any atom is -0.369 e. The van der Waals surface area contributed by atoms with E-state index in [1.807, 2.05) is 11.7 Å². The van der Waals surface area contributed by atoms with Gasteiger partial charge in [0.25, 0.3) is 5.56 Å². The fourth-order valence-corrected chi connectivity index (χ4v) is 9.58. The molecule has 6 heterocycles. The van der Waals surface area contributed by atoms with Crippen molar-refractivity contribution >= 4 is 40.3 Å². The topological polar surface area (TPSA) is 163 Å². The molecule has 1 aliphatic carbocycles. The second kappa shape index (κ2) is 18.2. The molecular weight excluding hydrogens is 790 g/mol. The first kappa shape index (κ1) is 41.4. The zero-order chi connectivity index (χ0) is 42.7. The molecule has 2 aromatic carbocycles. The minimum atomic E-state index is -0.539. The van der Waals surface area contributed by atoms with Gasteiger partial charge in [-0.25, -0.2) is 14.4 Å². The summed E-state index contributed by atoms with van der Waals surface area (Å²) in [5.74, 6) is -0.879. The monoisotopic (exact) mass is 843 g/mol. The van der Waals surface area contributed by atoms with Crippen LogP contribution in [0, 0.1) is 11.7 Å². The van der Waals surface area contributed by atoms with Crippen LogP contribution in [0.25, 0.3) is 27.8 Å². The summed E-state index contributed by atoms with van der Waals surface area (Å²) >= 11 is 0. The summed E-state index contributed by atoms with van der Waals surface area (Å²) in [6.07, 6.45) is 8.79. The van der Waals surface area contributed by atoms with Crippen LogP contribution in [0.3, 0.4) is 0 Å². The molecule has 3 saturated heterocycles. The van der Waals surface area contributed by atoms with Crippen molar-refractivity contribution in [1.82, 2.24) is 44.7 Å². The van der Waals surface area contributed by atoms with Gasteiger partial charge >= 0.3 is 0 Å². The standard InChI is InChI=1S/C46H54FN11O4/c1-54-39-28-34(12-13-36(39)43(53-54)37-14-15-40(59)51-45(37)62)57-25-23-56(24-26-57)22-21-55-19-16-30(17-20-55)44(61)49-32-8-10-33(11-9-32)50-46-48-29-38(47)42(52-46)31-5-4-6-35(27-31)58-18-3-2-7-41(58)60/h2-7,12-13,18,27-30,32-33,37H,8-11,14-17,19-26H2,1H3,(H,49,61)(H,48,50,52)(H,51,59,62)/t32-,33-,37?. The van der Waals surface area contributed by atoms with Gasteiger partial charge in [0.1, 0.15) is 5.69 Å². The summed E-state index contributed by atoms with van der Waals surface area (Å²) in [6, 6.07) is 18.6. The van der Waals surface area contributed by atoms with Crippen molar-refractivity contribution in [3.8, 4) is 16.9 Å². The van der Waals surface area contributed by atoms with Gasteiger partial charge in [-0.1, -0.05) is 18.2 Å². The first-order chi connectivity index (χ1) is 30.1. The normalized spacial score (nSPS) is 21.8. The Kier molecular flexibility index (Phi) is 12.1. The van der Waals surface area contributed by atoms with E-state index in [4.69, 9.17) is 5.10 Å². The van der Waals surface area contributed by atoms with Crippen LogP contribution in [-0.4, -0.2) is 116 Å². The average molecular weight is 844 g/mol. The molecule has 3 N–H and O–H groups in total. The van der Waals surface area contributed by atoms with E-state index in [1.54, 1.807) is 42.6 Å². The fourth-order valence-electron chi connectivity index (χ4n) is 9.58. The highest BCUT2D eigenvalue weighted by molar-refractivity contribution is 6.02. The number of nitrogens with zero attached hydrogens (tertiary/aromatic N) is 8. The maximum Gasteiger partial charge on any atom is 0.255 e. The Bertz CT molecular complexity index is 2500. The molecule has 4 fully saturated rings. The van der Waals surface area contributed by atoms with E-state index in [0.717, 1.165) is 113 Å². The summed E-state index contributed by atoms with van der Waals surface area (Å²) in [7, 11) is 1.91. The van der Waals surface area contributed by atoms with Crippen LogP contribution in [-0.2, 0) is 21.4 Å². The second-order valence-corrected chi connectivity index (χ2v) is 17.2. The lowest BCUT2D eigenvalue weighted by atomic mass is 9.89. The predicted molar refractivity (Wildman–Crippen MR) is 234 cm³/mol. The van der Waals surface area contributed by atoms with E-state index >= 15 is 0 Å². The first-order valence-corrected chi connectivity index (χ1v) is 22.0. The van der Waals surface area contributed by atoms with E-state index < -0.39 is 11.7 Å². The summed E-state index contributed by atoms with van der Waals surface area (Å²) in [6.45, 7) is 7.67. The van der Waals surface area contributed by atoms with Crippen molar-refractivity contribution in [2.75, 3.05) is 62.6 Å². The molecule has 1 saturated carbocycles. The molecule has 5 aromatic rings. The molecule has 15 nitrogen and oxygen atoms in total. The van der Waals surface area contributed by atoms with Crippen molar-refractivity contribution in [2.24, 2.45) is 13.0 Å². The number of aromatic nitrogens is 5. The van der Waals surface area contributed by atoms with E-state index in [2.05, 4.69) is 58.8 Å². The Morgan fingerprint density at radius 2 is 1.58 bits per heavy atom. The summed E-state index contributed by atoms with van der Waals surface area (Å²) in [4.78, 5) is 66.2. The van der Waals surface area contributed by atoms with E-state index in [-0.39, 0.29) is 47.0 Å². The number of rotatable bonds is 11. The fraction of sp³-hybridized carbons (Fsp3) is 0.457. The van der Waals surface area contributed by atoms with Gasteiger partial charge in [0.2, 0.25) is 23.7 Å². The summed E-state index contributed by atoms with van der Waals surface area (Å²) in [5, 5.41) is 14.9. The molecule has 0 radical (unpaired) electrons. The maximum atomic E-state index is 15.0. The lowest BCUT2D eigenvalue weighted by Crippen LogP contribution is -2.50. The molecule has 3 aromatic heterocycles. The molecule has 1 unspecified atom stereocenters. The van der Waals surface area contributed by atoms with Gasteiger partial charge < -0.3 is 20.4 Å². The largest absolute Gasteiger partial charge is 0.369 e. The number of piperazine rings is 1. The average Bonchev–Trinajstić information content (AvgIpc) is 3.62. The number of imide groups is 1. The highest BCUT2D eigenvalue weighted by Gasteiger charge is 2.33. The van der Waals surface area contributed by atoms with Crippen LogP contribution in [0.5, 0.6) is 0 Å². The molecule has 0 spiro atoms. The van der Waals surface area contributed by atoms with Crippen molar-refractivity contribution in [3.63, 3.8) is 0 Å². The second-order valence-electron chi connectivity index (χ2n) is 17.2. The third-order valence-corrected chi connectivity index (χ3v) is 13.2. The van der Waals surface area contributed by atoms with E-state index in [9.17, 15) is 23.6 Å². The number of piperidine rings is 2. The molecule has 62 heavy (non-hydrogen) atoms. The van der Waals surface area contributed by atoms with Crippen LogP contribution in [0.15, 0.2) is 77.9 Å². The molecule has 0 bridgehead atoms. The first-order valence-electron chi connectivity index (χ1n) is 22.0. The summed E-state index contributed by atoms with van der Waals surface area (Å²) in [5.41, 5.74) is 4.04. The SMILES string of the molecule is Cn1nc(C2CCC(=O)NC2=O)c2ccc(N3CCN(CCN4CCC(C(=O)N[C@H]5CC[C@H](Nc6ncc(F)c(-c7cccc(-n8ccccc8=O)c7)n6)CC5)CC4)CC3)cc21. The van der Waals surface area contributed by atoms with Crippen molar-refractivity contribution < 1.29 is 18.8 Å². The molecule has 4 aliphatic rings. The number of halogens is 1.